The third-order valence-corrected chi connectivity index (χ3v) is 6.22. The van der Waals surface area contributed by atoms with Gasteiger partial charge in [-0.2, -0.15) is 10.1 Å². The van der Waals surface area contributed by atoms with Crippen LogP contribution in [0, 0.1) is 0 Å². The molecule has 0 fully saturated rings. The van der Waals surface area contributed by atoms with Crippen molar-refractivity contribution in [2.24, 2.45) is 5.10 Å². The maximum atomic E-state index is 13.1. The van der Waals surface area contributed by atoms with Gasteiger partial charge in [0.25, 0.3) is 5.91 Å². The van der Waals surface area contributed by atoms with E-state index in [-0.39, 0.29) is 12.5 Å². The summed E-state index contributed by atoms with van der Waals surface area (Å²) in [7, 11) is 1.58. The summed E-state index contributed by atoms with van der Waals surface area (Å²) >= 11 is 12.2. The van der Waals surface area contributed by atoms with E-state index >= 15 is 0 Å². The van der Waals surface area contributed by atoms with Crippen LogP contribution in [0.5, 0.6) is 11.5 Å². The number of para-hydroxylation sites is 1. The maximum Gasteiger partial charge on any atom is 0.280 e. The Kier molecular flexibility index (Phi) is 7.59. The zero-order valence-corrected chi connectivity index (χ0v) is 20.9. The van der Waals surface area contributed by atoms with Crippen molar-refractivity contribution in [1.29, 1.82) is 0 Å². The number of carbonyl (C=O) groups excluding carboxylic acids is 1. The van der Waals surface area contributed by atoms with Gasteiger partial charge >= 0.3 is 0 Å². The molecule has 1 heterocycles. The lowest BCUT2D eigenvalue weighted by molar-refractivity contribution is -0.114. The maximum absolute atomic E-state index is 13.1. The molecule has 0 aliphatic carbocycles. The highest BCUT2D eigenvalue weighted by Gasteiger charge is 2.28. The summed E-state index contributed by atoms with van der Waals surface area (Å²) < 4.78 is 11.8. The zero-order valence-electron chi connectivity index (χ0n) is 19.4. The highest BCUT2D eigenvalue weighted by molar-refractivity contribution is 6.42. The first-order valence-corrected chi connectivity index (χ1v) is 11.7. The number of nitrogens with zero attached hydrogens (tertiary/aromatic N) is 2. The first-order chi connectivity index (χ1) is 16.9. The van der Waals surface area contributed by atoms with Crippen LogP contribution in [0.4, 0.5) is 5.69 Å². The second-order valence-corrected chi connectivity index (χ2v) is 8.75. The Morgan fingerprint density at radius 2 is 1.83 bits per heavy atom. The van der Waals surface area contributed by atoms with Crippen LogP contribution >= 0.6 is 23.2 Å². The minimum Gasteiger partial charge on any atom is -0.493 e. The first kappa shape index (κ1) is 24.6. The van der Waals surface area contributed by atoms with Crippen molar-refractivity contribution in [1.82, 2.24) is 0 Å². The average Bonchev–Trinajstić information content (AvgIpc) is 3.14. The number of ether oxygens (including phenoxy) is 2. The molecule has 0 unspecified atom stereocenters. The summed E-state index contributed by atoms with van der Waals surface area (Å²) in [4.78, 5) is 13.1. The Bertz CT molecular complexity index is 1330. The molecule has 1 aliphatic heterocycles. The fourth-order valence-corrected chi connectivity index (χ4v) is 4.09. The second-order valence-electron chi connectivity index (χ2n) is 7.94. The fourth-order valence-electron chi connectivity index (χ4n) is 3.77. The van der Waals surface area contributed by atoms with Gasteiger partial charge in [0.2, 0.25) is 0 Å². The average molecular weight is 507 g/mol. The van der Waals surface area contributed by atoms with Crippen molar-refractivity contribution >= 4 is 46.6 Å². The van der Waals surface area contributed by atoms with E-state index in [1.54, 1.807) is 25.3 Å². The van der Waals surface area contributed by atoms with Crippen LogP contribution < -0.4 is 14.5 Å². The van der Waals surface area contributed by atoms with Gasteiger partial charge < -0.3 is 9.47 Å². The molecule has 0 radical (unpaired) electrons. The normalized spacial score (nSPS) is 14.3. The molecule has 1 amide bonds. The SMILES string of the molecule is C=CCc1cc(/C=C2/C(=O)N(c3ccccc3)N=C2C)cc(OC)c1OCc1ccc(Cl)c(Cl)c1. The van der Waals surface area contributed by atoms with E-state index in [1.807, 2.05) is 61.5 Å². The van der Waals surface area contributed by atoms with Gasteiger partial charge in [-0.25, -0.2) is 0 Å². The summed E-state index contributed by atoms with van der Waals surface area (Å²) in [5, 5.41) is 6.82. The predicted octanol–water partition coefficient (Wildman–Crippen LogP) is 7.12. The van der Waals surface area contributed by atoms with Gasteiger partial charge in [-0.1, -0.05) is 53.5 Å². The topological polar surface area (TPSA) is 51.1 Å². The number of carbonyl (C=O) groups is 1. The molecular formula is C28H24Cl2N2O3. The van der Waals surface area contributed by atoms with Gasteiger partial charge in [-0.3, -0.25) is 4.79 Å². The Labute approximate surface area is 214 Å². The predicted molar refractivity (Wildman–Crippen MR) is 143 cm³/mol. The quantitative estimate of drug-likeness (QED) is 0.241. The van der Waals surface area contributed by atoms with E-state index in [9.17, 15) is 4.79 Å². The van der Waals surface area contributed by atoms with Gasteiger partial charge in [0.15, 0.2) is 11.5 Å². The molecule has 0 atom stereocenters. The summed E-state index contributed by atoms with van der Waals surface area (Å²) in [5.74, 6) is 0.976. The molecular weight excluding hydrogens is 483 g/mol. The van der Waals surface area contributed by atoms with Crippen molar-refractivity contribution in [3.63, 3.8) is 0 Å². The van der Waals surface area contributed by atoms with E-state index in [4.69, 9.17) is 32.7 Å². The molecule has 0 aromatic heterocycles. The fraction of sp³-hybridized carbons (Fsp3) is 0.143. The number of benzene rings is 3. The van der Waals surface area contributed by atoms with Gasteiger partial charge in [-0.05, 0) is 66.9 Å². The van der Waals surface area contributed by atoms with Crippen molar-refractivity contribution in [3.05, 3.63) is 106 Å². The van der Waals surface area contributed by atoms with E-state index in [0.29, 0.717) is 39.2 Å². The van der Waals surface area contributed by atoms with Crippen LogP contribution in [-0.4, -0.2) is 18.7 Å². The number of allylic oxidation sites excluding steroid dienone is 1. The van der Waals surface area contributed by atoms with E-state index in [2.05, 4.69) is 11.7 Å². The van der Waals surface area contributed by atoms with Crippen molar-refractivity contribution in [3.8, 4) is 11.5 Å². The van der Waals surface area contributed by atoms with Gasteiger partial charge in [0.1, 0.15) is 6.61 Å². The number of hydrogen-bond acceptors (Lipinski definition) is 4. The van der Waals surface area contributed by atoms with Crippen molar-refractivity contribution in [2.75, 3.05) is 12.1 Å². The standard InChI is InChI=1S/C28H24Cl2N2O3/c1-4-8-21-13-20(14-23-18(2)31-32(28(23)33)22-9-6-5-7-10-22)16-26(34-3)27(21)35-17-19-11-12-24(29)25(30)15-19/h4-7,9-16H,1,8,17H2,2-3H3/b23-14+. The van der Waals surface area contributed by atoms with E-state index in [0.717, 1.165) is 22.4 Å². The molecule has 5 nitrogen and oxygen atoms in total. The summed E-state index contributed by atoms with van der Waals surface area (Å²) in [6.07, 6.45) is 4.17. The summed E-state index contributed by atoms with van der Waals surface area (Å²) in [6, 6.07) is 18.5. The molecule has 0 spiro atoms. The lowest BCUT2D eigenvalue weighted by Gasteiger charge is -2.16. The third-order valence-electron chi connectivity index (χ3n) is 5.48. The van der Waals surface area contributed by atoms with Crippen LogP contribution in [0.1, 0.15) is 23.6 Å². The number of amides is 1. The first-order valence-electron chi connectivity index (χ1n) is 11.0. The number of rotatable bonds is 8. The van der Waals surface area contributed by atoms with Crippen LogP contribution in [0.3, 0.4) is 0 Å². The highest BCUT2D eigenvalue weighted by atomic mass is 35.5. The van der Waals surface area contributed by atoms with E-state index < -0.39 is 0 Å². The van der Waals surface area contributed by atoms with E-state index in [1.165, 1.54) is 5.01 Å². The monoisotopic (exact) mass is 506 g/mol. The Hall–Kier alpha value is -3.54. The van der Waals surface area contributed by atoms with Crippen LogP contribution in [0.15, 0.2) is 84.0 Å². The lowest BCUT2D eigenvalue weighted by Crippen LogP contribution is -2.21. The van der Waals surface area contributed by atoms with Crippen molar-refractivity contribution < 1.29 is 14.3 Å². The molecule has 35 heavy (non-hydrogen) atoms. The largest absolute Gasteiger partial charge is 0.493 e. The van der Waals surface area contributed by atoms with Crippen LogP contribution in [0.2, 0.25) is 10.0 Å². The van der Waals surface area contributed by atoms with Crippen molar-refractivity contribution in [2.45, 2.75) is 20.0 Å². The van der Waals surface area contributed by atoms with Crippen LogP contribution in [0.25, 0.3) is 6.08 Å². The highest BCUT2D eigenvalue weighted by Crippen LogP contribution is 2.36. The summed E-state index contributed by atoms with van der Waals surface area (Å²) in [6.45, 7) is 5.98. The molecule has 178 valence electrons. The molecule has 0 N–H and O–H groups in total. The van der Waals surface area contributed by atoms with Gasteiger partial charge in [0, 0.05) is 5.56 Å². The second kappa shape index (κ2) is 10.8. The number of methoxy groups -OCH3 is 1. The minimum atomic E-state index is -0.183. The lowest BCUT2D eigenvalue weighted by atomic mass is 10.0. The Balaban J connectivity index is 1.65. The molecule has 4 rings (SSSR count). The Morgan fingerprint density at radius 3 is 2.51 bits per heavy atom. The molecule has 1 aliphatic rings. The smallest absolute Gasteiger partial charge is 0.280 e. The zero-order chi connectivity index (χ0) is 24.9. The third kappa shape index (κ3) is 5.42. The van der Waals surface area contributed by atoms with Gasteiger partial charge in [-0.15, -0.1) is 6.58 Å². The number of hydrogen-bond donors (Lipinski definition) is 0. The minimum absolute atomic E-state index is 0.183. The molecule has 0 saturated carbocycles. The molecule has 0 bridgehead atoms. The van der Waals surface area contributed by atoms with Gasteiger partial charge in [0.05, 0.1) is 34.1 Å². The van der Waals surface area contributed by atoms with Crippen LogP contribution in [-0.2, 0) is 17.8 Å². The summed E-state index contributed by atoms with van der Waals surface area (Å²) in [5.41, 5.74) is 4.44. The molecule has 3 aromatic rings. The molecule has 7 heteroatoms. The Morgan fingerprint density at radius 1 is 1.06 bits per heavy atom. The number of hydrazone groups is 1. The molecule has 3 aromatic carbocycles. The molecule has 0 saturated heterocycles. The number of halogens is 2. The number of anilines is 1.